The summed E-state index contributed by atoms with van der Waals surface area (Å²) in [4.78, 5) is 24.4. The van der Waals surface area contributed by atoms with Gasteiger partial charge in [-0.2, -0.15) is 0 Å². The number of esters is 1. The van der Waals surface area contributed by atoms with Gasteiger partial charge in [-0.15, -0.1) is 0 Å². The van der Waals surface area contributed by atoms with Crippen molar-refractivity contribution < 1.29 is 14.3 Å². The Hall–Kier alpha value is -1.10. The van der Waals surface area contributed by atoms with E-state index in [2.05, 4.69) is 5.32 Å². The van der Waals surface area contributed by atoms with E-state index >= 15 is 0 Å². The molecule has 0 aliphatic carbocycles. The van der Waals surface area contributed by atoms with Crippen molar-refractivity contribution in [3.05, 3.63) is 0 Å². The second kappa shape index (κ2) is 6.59. The minimum atomic E-state index is -0.274. The van der Waals surface area contributed by atoms with Gasteiger partial charge in [-0.1, -0.05) is 0 Å². The number of nitrogens with zero attached hydrogens (tertiary/aromatic N) is 1. The summed E-state index contributed by atoms with van der Waals surface area (Å²) < 4.78 is 4.94. The second-order valence-corrected chi connectivity index (χ2v) is 4.42. The average Bonchev–Trinajstić information content (AvgIpc) is 2.30. The second-order valence-electron chi connectivity index (χ2n) is 4.42. The molecule has 1 rings (SSSR count). The Morgan fingerprint density at radius 2 is 2.00 bits per heavy atom. The van der Waals surface area contributed by atoms with Gasteiger partial charge in [0.1, 0.15) is 6.04 Å². The summed E-state index contributed by atoms with van der Waals surface area (Å²) in [6, 6.07) is 0.0221. The van der Waals surface area contributed by atoms with Crippen LogP contribution in [0.5, 0.6) is 0 Å². The van der Waals surface area contributed by atoms with Crippen molar-refractivity contribution in [2.45, 2.75) is 45.7 Å². The maximum Gasteiger partial charge on any atom is 0.322 e. The highest BCUT2D eigenvalue weighted by Crippen LogP contribution is 2.11. The fourth-order valence-electron chi connectivity index (χ4n) is 2.05. The molecule has 0 aromatic carbocycles. The number of carbonyl (C=O) groups is 2. The zero-order chi connectivity index (χ0) is 12.8. The zero-order valence-electron chi connectivity index (χ0n) is 10.9. The van der Waals surface area contributed by atoms with E-state index in [-0.39, 0.29) is 17.9 Å². The predicted molar refractivity (Wildman–Crippen MR) is 64.5 cm³/mol. The molecule has 0 saturated carbocycles. The van der Waals surface area contributed by atoms with E-state index < -0.39 is 0 Å². The molecule has 0 aromatic rings. The molecule has 1 saturated heterocycles. The number of hydrogen-bond acceptors (Lipinski definition) is 4. The van der Waals surface area contributed by atoms with E-state index in [1.54, 1.807) is 13.8 Å². The lowest BCUT2D eigenvalue weighted by molar-refractivity contribution is -0.145. The molecule has 1 atom stereocenters. The van der Waals surface area contributed by atoms with Crippen LogP contribution in [-0.4, -0.2) is 48.6 Å². The first-order chi connectivity index (χ1) is 8.04. The summed E-state index contributed by atoms with van der Waals surface area (Å²) in [6.45, 7) is 7.15. The van der Waals surface area contributed by atoms with E-state index in [4.69, 9.17) is 4.74 Å². The molecule has 1 unspecified atom stereocenters. The van der Waals surface area contributed by atoms with Crippen molar-refractivity contribution >= 4 is 11.9 Å². The number of hydrogen-bond donors (Lipinski definition) is 1. The number of likely N-dealkylation sites (tertiary alicyclic amines) is 1. The smallest absolute Gasteiger partial charge is 0.322 e. The maximum absolute atomic E-state index is 11.4. The van der Waals surface area contributed by atoms with Crippen LogP contribution < -0.4 is 5.32 Å². The number of nitrogens with one attached hydrogen (secondary N) is 1. The summed E-state index contributed by atoms with van der Waals surface area (Å²) in [5, 5.41) is 3.25. The SMILES string of the molecule is CCOC(=O)C(C)NC1CCN(C(C)=O)CC1. The van der Waals surface area contributed by atoms with E-state index in [0.29, 0.717) is 12.6 Å². The molecule has 1 aliphatic heterocycles. The van der Waals surface area contributed by atoms with Crippen LogP contribution in [0.15, 0.2) is 0 Å². The topological polar surface area (TPSA) is 58.6 Å². The van der Waals surface area contributed by atoms with E-state index in [1.165, 1.54) is 0 Å². The van der Waals surface area contributed by atoms with Gasteiger partial charge >= 0.3 is 5.97 Å². The van der Waals surface area contributed by atoms with Crippen LogP contribution in [0.2, 0.25) is 0 Å². The van der Waals surface area contributed by atoms with Gasteiger partial charge in [0.2, 0.25) is 5.91 Å². The van der Waals surface area contributed by atoms with Crippen molar-refractivity contribution in [1.29, 1.82) is 0 Å². The number of rotatable bonds is 4. The van der Waals surface area contributed by atoms with Gasteiger partial charge in [-0.25, -0.2) is 0 Å². The number of ether oxygens (including phenoxy) is 1. The highest BCUT2D eigenvalue weighted by molar-refractivity contribution is 5.75. The lowest BCUT2D eigenvalue weighted by Crippen LogP contribution is -2.48. The van der Waals surface area contributed by atoms with Crippen molar-refractivity contribution in [1.82, 2.24) is 10.2 Å². The van der Waals surface area contributed by atoms with Gasteiger partial charge in [0.05, 0.1) is 6.61 Å². The van der Waals surface area contributed by atoms with E-state index in [1.807, 2.05) is 11.8 Å². The molecule has 1 amide bonds. The normalized spacial score (nSPS) is 18.9. The third kappa shape index (κ3) is 4.34. The molecular weight excluding hydrogens is 220 g/mol. The molecule has 1 aliphatic rings. The van der Waals surface area contributed by atoms with Gasteiger partial charge in [0, 0.05) is 26.1 Å². The highest BCUT2D eigenvalue weighted by atomic mass is 16.5. The highest BCUT2D eigenvalue weighted by Gasteiger charge is 2.24. The molecule has 98 valence electrons. The Morgan fingerprint density at radius 1 is 1.41 bits per heavy atom. The first-order valence-corrected chi connectivity index (χ1v) is 6.22. The summed E-state index contributed by atoms with van der Waals surface area (Å²) in [5.74, 6) is -0.0802. The van der Waals surface area contributed by atoms with Gasteiger partial charge in [-0.3, -0.25) is 9.59 Å². The van der Waals surface area contributed by atoms with Crippen LogP contribution in [0.3, 0.4) is 0 Å². The van der Waals surface area contributed by atoms with Crippen molar-refractivity contribution in [3.63, 3.8) is 0 Å². The lowest BCUT2D eigenvalue weighted by atomic mass is 10.0. The predicted octanol–water partition coefficient (Wildman–Crippen LogP) is 0.539. The quantitative estimate of drug-likeness (QED) is 0.731. The van der Waals surface area contributed by atoms with Crippen LogP contribution in [0.25, 0.3) is 0 Å². The fraction of sp³-hybridized carbons (Fsp3) is 0.833. The molecule has 1 fully saturated rings. The standard InChI is InChI=1S/C12H22N2O3/c1-4-17-12(16)9(2)13-11-5-7-14(8-6-11)10(3)15/h9,11,13H,4-8H2,1-3H3. The van der Waals surface area contributed by atoms with E-state index in [9.17, 15) is 9.59 Å². The number of amides is 1. The van der Waals surface area contributed by atoms with Crippen molar-refractivity contribution in [2.24, 2.45) is 0 Å². The van der Waals surface area contributed by atoms with Gasteiger partial charge in [0.15, 0.2) is 0 Å². The first-order valence-electron chi connectivity index (χ1n) is 6.22. The Morgan fingerprint density at radius 3 is 2.47 bits per heavy atom. The van der Waals surface area contributed by atoms with Crippen LogP contribution in [-0.2, 0) is 14.3 Å². The molecule has 0 radical (unpaired) electrons. The Balaban J connectivity index is 2.30. The third-order valence-corrected chi connectivity index (χ3v) is 3.07. The molecule has 17 heavy (non-hydrogen) atoms. The molecule has 1 heterocycles. The van der Waals surface area contributed by atoms with Crippen molar-refractivity contribution in [3.8, 4) is 0 Å². The van der Waals surface area contributed by atoms with Gasteiger partial charge < -0.3 is 15.0 Å². The van der Waals surface area contributed by atoms with Crippen LogP contribution >= 0.6 is 0 Å². The van der Waals surface area contributed by atoms with Crippen LogP contribution in [0.1, 0.15) is 33.6 Å². The summed E-state index contributed by atoms with van der Waals surface area (Å²) in [7, 11) is 0. The third-order valence-electron chi connectivity index (χ3n) is 3.07. The molecule has 0 spiro atoms. The average molecular weight is 242 g/mol. The molecule has 1 N–H and O–H groups in total. The van der Waals surface area contributed by atoms with Crippen molar-refractivity contribution in [2.75, 3.05) is 19.7 Å². The Kier molecular flexibility index (Phi) is 5.41. The minimum absolute atomic E-state index is 0.127. The fourth-order valence-corrected chi connectivity index (χ4v) is 2.05. The lowest BCUT2D eigenvalue weighted by Gasteiger charge is -2.32. The first kappa shape index (κ1) is 14.0. The molecular formula is C12H22N2O3. The monoisotopic (exact) mass is 242 g/mol. The molecule has 5 nitrogen and oxygen atoms in total. The number of piperidine rings is 1. The summed E-state index contributed by atoms with van der Waals surface area (Å²) in [6.07, 6.45) is 1.78. The summed E-state index contributed by atoms with van der Waals surface area (Å²) >= 11 is 0. The van der Waals surface area contributed by atoms with Gasteiger partial charge in [-0.05, 0) is 26.7 Å². The van der Waals surface area contributed by atoms with Gasteiger partial charge in [0.25, 0.3) is 0 Å². The molecule has 0 aromatic heterocycles. The minimum Gasteiger partial charge on any atom is -0.465 e. The Labute approximate surface area is 102 Å². The van der Waals surface area contributed by atoms with Crippen LogP contribution in [0.4, 0.5) is 0 Å². The number of carbonyl (C=O) groups excluding carboxylic acids is 2. The molecule has 0 bridgehead atoms. The van der Waals surface area contributed by atoms with E-state index in [0.717, 1.165) is 25.9 Å². The zero-order valence-corrected chi connectivity index (χ0v) is 10.9. The summed E-state index contributed by atoms with van der Waals surface area (Å²) in [5.41, 5.74) is 0. The van der Waals surface area contributed by atoms with Crippen LogP contribution in [0, 0.1) is 0 Å². The maximum atomic E-state index is 11.4. The Bertz CT molecular complexity index is 273. The largest absolute Gasteiger partial charge is 0.465 e. The molecule has 5 heteroatoms.